The van der Waals surface area contributed by atoms with Gasteiger partial charge in [0.2, 0.25) is 0 Å². The summed E-state index contributed by atoms with van der Waals surface area (Å²) in [5, 5.41) is 3.62. The summed E-state index contributed by atoms with van der Waals surface area (Å²) in [6.45, 7) is 5.29. The van der Waals surface area contributed by atoms with Crippen LogP contribution in [-0.2, 0) is 6.54 Å². The molecule has 0 N–H and O–H groups in total. The molecule has 5 nitrogen and oxygen atoms in total. The highest BCUT2D eigenvalue weighted by molar-refractivity contribution is 7.09. The summed E-state index contributed by atoms with van der Waals surface area (Å²) in [5.74, 6) is 1.81. The second kappa shape index (κ2) is 6.76. The second-order valence-corrected chi connectivity index (χ2v) is 7.98. The fraction of sp³-hybridized carbons (Fsp3) is 0.611. The Bertz CT molecular complexity index is 688. The minimum absolute atomic E-state index is 0.563. The summed E-state index contributed by atoms with van der Waals surface area (Å²) in [7, 11) is 2.16. The first-order valence-electron chi connectivity index (χ1n) is 8.87. The number of thiazole rings is 1. The topological polar surface area (TPSA) is 45.2 Å². The zero-order valence-corrected chi connectivity index (χ0v) is 15.3. The number of likely N-dealkylation sites (tertiary alicyclic amines) is 1. The molecule has 0 aromatic carbocycles. The van der Waals surface area contributed by atoms with Crippen molar-refractivity contribution >= 4 is 17.2 Å². The van der Waals surface area contributed by atoms with Crippen molar-refractivity contribution in [1.29, 1.82) is 0 Å². The molecule has 1 aliphatic heterocycles. The Hall–Kier alpha value is -1.53. The van der Waals surface area contributed by atoms with E-state index in [-0.39, 0.29) is 0 Å². The summed E-state index contributed by atoms with van der Waals surface area (Å²) in [4.78, 5) is 18.3. The predicted molar refractivity (Wildman–Crippen MR) is 97.6 cm³/mol. The smallest absolute Gasteiger partial charge is 0.132 e. The molecule has 0 radical (unpaired) electrons. The molecule has 0 bridgehead atoms. The van der Waals surface area contributed by atoms with E-state index in [2.05, 4.69) is 38.3 Å². The minimum atomic E-state index is 0.563. The Morgan fingerprint density at radius 1 is 1.21 bits per heavy atom. The van der Waals surface area contributed by atoms with E-state index in [1.54, 1.807) is 6.33 Å². The highest BCUT2D eigenvalue weighted by Crippen LogP contribution is 2.41. The maximum absolute atomic E-state index is 4.83. The van der Waals surface area contributed by atoms with E-state index in [4.69, 9.17) is 4.98 Å². The lowest BCUT2D eigenvalue weighted by Gasteiger charge is -2.37. The molecule has 24 heavy (non-hydrogen) atoms. The van der Waals surface area contributed by atoms with Gasteiger partial charge in [0.05, 0.1) is 10.7 Å². The van der Waals surface area contributed by atoms with Gasteiger partial charge in [0.25, 0.3) is 0 Å². The van der Waals surface area contributed by atoms with E-state index < -0.39 is 0 Å². The van der Waals surface area contributed by atoms with Crippen LogP contribution in [0.5, 0.6) is 0 Å². The van der Waals surface area contributed by atoms with E-state index in [9.17, 15) is 0 Å². The molecule has 2 aliphatic rings. The molecule has 2 fully saturated rings. The monoisotopic (exact) mass is 343 g/mol. The molecule has 4 rings (SSSR count). The number of piperidine rings is 1. The van der Waals surface area contributed by atoms with Crippen LogP contribution < -0.4 is 4.90 Å². The first-order valence-corrected chi connectivity index (χ1v) is 9.75. The largest absolute Gasteiger partial charge is 0.356 e. The summed E-state index contributed by atoms with van der Waals surface area (Å²) < 4.78 is 0. The van der Waals surface area contributed by atoms with Gasteiger partial charge in [0, 0.05) is 55.8 Å². The number of rotatable bonds is 5. The first-order chi connectivity index (χ1) is 11.7. The van der Waals surface area contributed by atoms with Crippen LogP contribution in [0.2, 0.25) is 0 Å². The van der Waals surface area contributed by atoms with Crippen molar-refractivity contribution in [2.45, 2.75) is 51.1 Å². The number of hydrogen-bond donors (Lipinski definition) is 0. The molecule has 0 atom stereocenters. The zero-order chi connectivity index (χ0) is 16.5. The van der Waals surface area contributed by atoms with Crippen molar-refractivity contribution < 1.29 is 0 Å². The van der Waals surface area contributed by atoms with Crippen LogP contribution in [0, 0.1) is 6.92 Å². The summed E-state index contributed by atoms with van der Waals surface area (Å²) >= 11 is 1.85. The third-order valence-electron chi connectivity index (χ3n) is 5.14. The average Bonchev–Trinajstić information content (AvgIpc) is 3.35. The van der Waals surface area contributed by atoms with Gasteiger partial charge in [-0.05, 0) is 32.6 Å². The van der Waals surface area contributed by atoms with Gasteiger partial charge in [-0.3, -0.25) is 4.90 Å². The molecule has 0 amide bonds. The Balaban J connectivity index is 1.31. The normalized spacial score (nSPS) is 19.6. The van der Waals surface area contributed by atoms with Crippen molar-refractivity contribution in [2.75, 3.05) is 25.0 Å². The van der Waals surface area contributed by atoms with E-state index in [1.165, 1.54) is 36.4 Å². The minimum Gasteiger partial charge on any atom is -0.356 e. The molecule has 3 heterocycles. The number of aryl methyl sites for hydroxylation is 1. The molecule has 128 valence electrons. The second-order valence-electron chi connectivity index (χ2n) is 7.09. The third-order valence-corrected chi connectivity index (χ3v) is 6.19. The molecule has 1 saturated carbocycles. The fourth-order valence-electron chi connectivity index (χ4n) is 3.43. The van der Waals surface area contributed by atoms with Gasteiger partial charge >= 0.3 is 0 Å². The Morgan fingerprint density at radius 3 is 2.71 bits per heavy atom. The lowest BCUT2D eigenvalue weighted by Crippen LogP contribution is -2.43. The summed E-state index contributed by atoms with van der Waals surface area (Å²) in [6.07, 6.45) is 6.70. The van der Waals surface area contributed by atoms with Gasteiger partial charge in [0.1, 0.15) is 12.1 Å². The SMILES string of the molecule is Cc1cc(N(C)C2CCN(Cc3csc(C4CC4)n3)CC2)ncn1. The fourth-order valence-corrected chi connectivity index (χ4v) is 4.41. The molecule has 1 saturated heterocycles. The third kappa shape index (κ3) is 3.59. The molecule has 6 heteroatoms. The van der Waals surface area contributed by atoms with Crippen molar-refractivity contribution in [3.8, 4) is 0 Å². The standard InChI is InChI=1S/C18H25N5S/c1-13-9-17(20-12-19-13)22(2)16-5-7-23(8-6-16)10-15-11-24-18(21-15)14-3-4-14/h9,11-12,14,16H,3-8,10H2,1-2H3. The van der Waals surface area contributed by atoms with E-state index in [0.29, 0.717) is 6.04 Å². The van der Waals surface area contributed by atoms with Crippen molar-refractivity contribution in [3.63, 3.8) is 0 Å². The molecular weight excluding hydrogens is 318 g/mol. The summed E-state index contributed by atoms with van der Waals surface area (Å²) in [6, 6.07) is 2.63. The van der Waals surface area contributed by atoms with Gasteiger partial charge in [-0.15, -0.1) is 11.3 Å². The van der Waals surface area contributed by atoms with Crippen molar-refractivity contribution in [3.05, 3.63) is 34.2 Å². The molecule has 2 aromatic heterocycles. The number of nitrogens with zero attached hydrogens (tertiary/aromatic N) is 5. The summed E-state index contributed by atoms with van der Waals surface area (Å²) in [5.41, 5.74) is 2.29. The molecule has 0 unspecified atom stereocenters. The highest BCUT2D eigenvalue weighted by atomic mass is 32.1. The predicted octanol–water partition coefficient (Wildman–Crippen LogP) is 3.22. The maximum atomic E-state index is 4.83. The van der Waals surface area contributed by atoms with Crippen LogP contribution in [0.4, 0.5) is 5.82 Å². The Kier molecular flexibility index (Phi) is 4.50. The molecule has 0 spiro atoms. The molecule has 1 aliphatic carbocycles. The van der Waals surface area contributed by atoms with Crippen LogP contribution in [0.25, 0.3) is 0 Å². The van der Waals surface area contributed by atoms with Gasteiger partial charge in [-0.2, -0.15) is 0 Å². The van der Waals surface area contributed by atoms with E-state index in [1.807, 2.05) is 18.3 Å². The lowest BCUT2D eigenvalue weighted by molar-refractivity contribution is 0.201. The van der Waals surface area contributed by atoms with Crippen molar-refractivity contribution in [2.24, 2.45) is 0 Å². The maximum Gasteiger partial charge on any atom is 0.132 e. The van der Waals surface area contributed by atoms with Crippen LogP contribution in [0.3, 0.4) is 0 Å². The number of hydrogen-bond acceptors (Lipinski definition) is 6. The van der Waals surface area contributed by atoms with Crippen LogP contribution in [0.15, 0.2) is 17.8 Å². The van der Waals surface area contributed by atoms with Crippen molar-refractivity contribution in [1.82, 2.24) is 19.9 Å². The average molecular weight is 344 g/mol. The number of anilines is 1. The Morgan fingerprint density at radius 2 is 2.00 bits per heavy atom. The Labute approximate surface area is 147 Å². The lowest BCUT2D eigenvalue weighted by atomic mass is 10.0. The van der Waals surface area contributed by atoms with Gasteiger partial charge in [-0.1, -0.05) is 0 Å². The molecular formula is C18H25N5S. The van der Waals surface area contributed by atoms with E-state index in [0.717, 1.165) is 37.1 Å². The highest BCUT2D eigenvalue weighted by Gasteiger charge is 2.27. The van der Waals surface area contributed by atoms with Gasteiger partial charge in [0.15, 0.2) is 0 Å². The van der Waals surface area contributed by atoms with E-state index >= 15 is 0 Å². The number of aromatic nitrogens is 3. The molecule has 2 aromatic rings. The van der Waals surface area contributed by atoms with Gasteiger partial charge in [-0.25, -0.2) is 15.0 Å². The first kappa shape index (κ1) is 16.0. The van der Waals surface area contributed by atoms with Crippen LogP contribution in [0.1, 0.15) is 48.0 Å². The van der Waals surface area contributed by atoms with Crippen LogP contribution in [-0.4, -0.2) is 46.0 Å². The van der Waals surface area contributed by atoms with Gasteiger partial charge < -0.3 is 4.90 Å². The quantitative estimate of drug-likeness (QED) is 0.834. The van der Waals surface area contributed by atoms with Crippen LogP contribution >= 0.6 is 11.3 Å². The zero-order valence-electron chi connectivity index (χ0n) is 14.5.